The predicted molar refractivity (Wildman–Crippen MR) is 91.9 cm³/mol. The number of carbonyl (C=O) groups is 1. The normalized spacial score (nSPS) is 11.4. The molecule has 1 aromatic rings. The van der Waals surface area contributed by atoms with Crippen LogP contribution in [0.1, 0.15) is 58.3 Å². The van der Waals surface area contributed by atoms with Gasteiger partial charge in [0.25, 0.3) is 10.1 Å². The van der Waals surface area contributed by atoms with Gasteiger partial charge in [-0.2, -0.15) is 8.42 Å². The lowest BCUT2D eigenvalue weighted by atomic mass is 10.1. The first-order valence-electron chi connectivity index (χ1n) is 8.20. The second-order valence-electron chi connectivity index (χ2n) is 5.54. The zero-order chi connectivity index (χ0) is 17.1. The zero-order valence-corrected chi connectivity index (χ0v) is 14.8. The molecule has 0 atom stereocenters. The van der Waals surface area contributed by atoms with Crippen LogP contribution in [-0.2, 0) is 19.1 Å². The molecular formula is C17H27NO4S. The lowest BCUT2D eigenvalue weighted by Gasteiger charge is -2.10. The van der Waals surface area contributed by atoms with Crippen LogP contribution in [-0.4, -0.2) is 21.4 Å². The van der Waals surface area contributed by atoms with Crippen molar-refractivity contribution in [3.63, 3.8) is 0 Å². The maximum absolute atomic E-state index is 12.0. The van der Waals surface area contributed by atoms with Gasteiger partial charge in [-0.25, -0.2) is 0 Å². The van der Waals surface area contributed by atoms with Crippen molar-refractivity contribution in [2.24, 2.45) is 0 Å². The van der Waals surface area contributed by atoms with Gasteiger partial charge in [-0.3, -0.25) is 8.98 Å². The first kappa shape index (κ1) is 19.6. The molecule has 0 radical (unpaired) electrons. The number of rotatable bonds is 11. The van der Waals surface area contributed by atoms with Crippen LogP contribution < -0.4 is 5.32 Å². The zero-order valence-electron chi connectivity index (χ0n) is 14.0. The highest BCUT2D eigenvalue weighted by atomic mass is 32.2. The quantitative estimate of drug-likeness (QED) is 0.486. The molecule has 0 aliphatic heterocycles. The molecule has 0 aliphatic carbocycles. The summed E-state index contributed by atoms with van der Waals surface area (Å²) < 4.78 is 28.1. The largest absolute Gasteiger partial charge is 0.325 e. The fourth-order valence-corrected chi connectivity index (χ4v) is 3.15. The van der Waals surface area contributed by atoms with E-state index in [9.17, 15) is 13.2 Å². The minimum absolute atomic E-state index is 0.0181. The van der Waals surface area contributed by atoms with Gasteiger partial charge in [-0.05, 0) is 18.6 Å². The van der Waals surface area contributed by atoms with Crippen LogP contribution in [0, 0.1) is 0 Å². The minimum Gasteiger partial charge on any atom is -0.325 e. The summed E-state index contributed by atoms with van der Waals surface area (Å²) in [5.41, 5.74) is 0.266. The third-order valence-electron chi connectivity index (χ3n) is 3.66. The van der Waals surface area contributed by atoms with Crippen LogP contribution in [0.15, 0.2) is 29.2 Å². The number of nitrogens with one attached hydrogen (secondary N) is 1. The van der Waals surface area contributed by atoms with E-state index in [1.165, 1.54) is 31.7 Å². The number of para-hydroxylation sites is 1. The number of hydrogen-bond donors (Lipinski definition) is 1. The van der Waals surface area contributed by atoms with Gasteiger partial charge >= 0.3 is 0 Å². The average molecular weight is 341 g/mol. The van der Waals surface area contributed by atoms with Gasteiger partial charge < -0.3 is 5.32 Å². The molecule has 0 aliphatic rings. The van der Waals surface area contributed by atoms with Gasteiger partial charge in [-0.1, -0.05) is 57.6 Å². The van der Waals surface area contributed by atoms with Crippen LogP contribution in [0.25, 0.3) is 0 Å². The molecule has 5 nitrogen and oxygen atoms in total. The monoisotopic (exact) mass is 341 g/mol. The molecule has 0 heterocycles. The van der Waals surface area contributed by atoms with Crippen LogP contribution >= 0.6 is 0 Å². The van der Waals surface area contributed by atoms with E-state index in [1.807, 2.05) is 0 Å². The summed E-state index contributed by atoms with van der Waals surface area (Å²) in [6.45, 7) is 2.19. The molecule has 0 unspecified atom stereocenters. The number of anilines is 1. The van der Waals surface area contributed by atoms with Crippen molar-refractivity contribution in [1.29, 1.82) is 0 Å². The van der Waals surface area contributed by atoms with E-state index in [-0.39, 0.29) is 16.5 Å². The summed E-state index contributed by atoms with van der Waals surface area (Å²) in [4.78, 5) is 12.0. The van der Waals surface area contributed by atoms with Crippen LogP contribution in [0.3, 0.4) is 0 Å². The predicted octanol–water partition coefficient (Wildman–Crippen LogP) is 4.10. The van der Waals surface area contributed by atoms with E-state index < -0.39 is 10.1 Å². The second kappa shape index (κ2) is 10.4. The van der Waals surface area contributed by atoms with Gasteiger partial charge in [0.2, 0.25) is 5.91 Å². The Kier molecular flexibility index (Phi) is 8.87. The van der Waals surface area contributed by atoms with E-state index in [4.69, 9.17) is 0 Å². The fourth-order valence-electron chi connectivity index (χ4n) is 2.33. The van der Waals surface area contributed by atoms with Crippen molar-refractivity contribution in [2.45, 2.75) is 63.2 Å². The highest BCUT2D eigenvalue weighted by molar-refractivity contribution is 7.87. The molecule has 1 rings (SSSR count). The van der Waals surface area contributed by atoms with E-state index in [0.29, 0.717) is 6.42 Å². The Morgan fingerprint density at radius 2 is 1.65 bits per heavy atom. The van der Waals surface area contributed by atoms with Crippen LogP contribution in [0.5, 0.6) is 0 Å². The Balaban J connectivity index is 2.44. The first-order valence-corrected chi connectivity index (χ1v) is 9.61. The molecule has 23 heavy (non-hydrogen) atoms. The summed E-state index contributed by atoms with van der Waals surface area (Å²) in [6.07, 6.45) is 8.34. The number of unbranched alkanes of at least 4 members (excludes halogenated alkanes) is 6. The van der Waals surface area contributed by atoms with Crippen molar-refractivity contribution in [3.8, 4) is 0 Å². The molecular weight excluding hydrogens is 314 g/mol. The molecule has 6 heteroatoms. The molecule has 0 saturated carbocycles. The number of carbonyl (C=O) groups excluding carboxylic acids is 1. The smallest absolute Gasteiger partial charge is 0.298 e. The van der Waals surface area contributed by atoms with E-state index in [2.05, 4.69) is 16.4 Å². The van der Waals surface area contributed by atoms with Gasteiger partial charge in [0, 0.05) is 6.42 Å². The Hall–Kier alpha value is -1.40. The van der Waals surface area contributed by atoms with Crippen molar-refractivity contribution in [3.05, 3.63) is 24.3 Å². The van der Waals surface area contributed by atoms with Crippen molar-refractivity contribution >= 4 is 21.7 Å². The summed E-state index contributed by atoms with van der Waals surface area (Å²) in [7, 11) is -2.72. The molecule has 0 aromatic heterocycles. The SMILES string of the molecule is CCCCCCCCCC(=O)Nc1ccccc1S(=O)(=O)OC. The molecule has 1 N–H and O–H groups in total. The van der Waals surface area contributed by atoms with Crippen LogP contribution in [0.4, 0.5) is 5.69 Å². The fraction of sp³-hybridized carbons (Fsp3) is 0.588. The number of amides is 1. The lowest BCUT2D eigenvalue weighted by molar-refractivity contribution is -0.116. The lowest BCUT2D eigenvalue weighted by Crippen LogP contribution is -2.14. The summed E-state index contributed by atoms with van der Waals surface area (Å²) >= 11 is 0. The highest BCUT2D eigenvalue weighted by Crippen LogP contribution is 2.22. The molecule has 0 fully saturated rings. The van der Waals surface area contributed by atoms with E-state index in [1.54, 1.807) is 18.2 Å². The third-order valence-corrected chi connectivity index (χ3v) is 4.99. The maximum atomic E-state index is 12.0. The topological polar surface area (TPSA) is 72.5 Å². The van der Waals surface area contributed by atoms with Gasteiger partial charge in [0.05, 0.1) is 12.8 Å². The molecule has 0 bridgehead atoms. The average Bonchev–Trinajstić information content (AvgIpc) is 2.54. The highest BCUT2D eigenvalue weighted by Gasteiger charge is 2.18. The van der Waals surface area contributed by atoms with E-state index >= 15 is 0 Å². The van der Waals surface area contributed by atoms with Gasteiger partial charge in [0.1, 0.15) is 4.90 Å². The molecule has 0 saturated heterocycles. The van der Waals surface area contributed by atoms with Crippen LogP contribution in [0.2, 0.25) is 0 Å². The van der Waals surface area contributed by atoms with Crippen molar-refractivity contribution in [1.82, 2.24) is 0 Å². The summed E-state index contributed by atoms with van der Waals surface area (Å²) in [5.74, 6) is -0.169. The second-order valence-corrected chi connectivity index (χ2v) is 7.22. The standard InChI is InChI=1S/C17H27NO4S/c1-3-4-5-6-7-8-9-14-17(19)18-15-12-10-11-13-16(15)23(20,21)22-2/h10-13H,3-9,14H2,1-2H3,(H,18,19). The molecule has 1 aromatic carbocycles. The maximum Gasteiger partial charge on any atom is 0.298 e. The summed E-state index contributed by atoms with van der Waals surface area (Å²) in [6, 6.07) is 6.26. The van der Waals surface area contributed by atoms with Crippen molar-refractivity contribution < 1.29 is 17.4 Å². The number of benzene rings is 1. The van der Waals surface area contributed by atoms with Gasteiger partial charge in [-0.15, -0.1) is 0 Å². The summed E-state index contributed by atoms with van der Waals surface area (Å²) in [5, 5.41) is 2.66. The molecule has 130 valence electrons. The Morgan fingerprint density at radius 1 is 1.04 bits per heavy atom. The molecule has 1 amide bonds. The van der Waals surface area contributed by atoms with E-state index in [0.717, 1.165) is 26.4 Å². The Labute approximate surface area is 139 Å². The minimum atomic E-state index is -3.83. The van der Waals surface area contributed by atoms with Gasteiger partial charge in [0.15, 0.2) is 0 Å². The Morgan fingerprint density at radius 3 is 2.30 bits per heavy atom. The molecule has 0 spiro atoms. The Bertz CT molecular complexity index is 584. The number of hydrogen-bond acceptors (Lipinski definition) is 4. The first-order chi connectivity index (χ1) is 11.0. The third kappa shape index (κ3) is 7.14. The van der Waals surface area contributed by atoms with Crippen molar-refractivity contribution in [2.75, 3.05) is 12.4 Å².